The zero-order valence-corrected chi connectivity index (χ0v) is 24.9. The van der Waals surface area contributed by atoms with Crippen molar-refractivity contribution in [1.29, 1.82) is 0 Å². The van der Waals surface area contributed by atoms with E-state index in [9.17, 15) is 31.2 Å². The molecule has 0 radical (unpaired) electrons. The van der Waals surface area contributed by atoms with Gasteiger partial charge in [-0.3, -0.25) is 13.9 Å². The highest BCUT2D eigenvalue weighted by Crippen LogP contribution is 2.36. The lowest BCUT2D eigenvalue weighted by atomic mass is 9.95. The van der Waals surface area contributed by atoms with Gasteiger partial charge in [-0.1, -0.05) is 60.1 Å². The van der Waals surface area contributed by atoms with Gasteiger partial charge in [0.1, 0.15) is 12.6 Å². The molecule has 0 aromatic heterocycles. The predicted molar refractivity (Wildman–Crippen MR) is 150 cm³/mol. The van der Waals surface area contributed by atoms with E-state index >= 15 is 0 Å². The molecule has 0 bridgehead atoms. The Labute approximate surface area is 246 Å². The molecule has 220 valence electrons. The number of nitrogens with zero attached hydrogens (tertiary/aromatic N) is 2. The minimum absolute atomic E-state index is 0.0685. The summed E-state index contributed by atoms with van der Waals surface area (Å²) in [6.07, 6.45) is 0.515. The lowest BCUT2D eigenvalue weighted by molar-refractivity contribution is -0.139. The van der Waals surface area contributed by atoms with Gasteiger partial charge in [-0.25, -0.2) is 8.42 Å². The number of amides is 2. The molecule has 1 saturated carbocycles. The molecule has 1 atom stereocenters. The van der Waals surface area contributed by atoms with E-state index in [4.69, 9.17) is 34.8 Å². The highest BCUT2D eigenvalue weighted by Gasteiger charge is 2.35. The van der Waals surface area contributed by atoms with Crippen molar-refractivity contribution >= 4 is 62.3 Å². The number of carbonyl (C=O) groups excluding carboxylic acids is 2. The third-order valence-electron chi connectivity index (χ3n) is 6.73. The fraction of sp³-hybridized carbons (Fsp3) is 0.462. The second kappa shape index (κ2) is 13.2. The molecule has 1 aliphatic carbocycles. The highest BCUT2D eigenvalue weighted by molar-refractivity contribution is 7.92. The molecule has 3 rings (SSSR count). The Morgan fingerprint density at radius 1 is 1.02 bits per heavy atom. The smallest absolute Gasteiger partial charge is 0.352 e. The Morgan fingerprint density at radius 2 is 1.62 bits per heavy atom. The number of carbonyl (C=O) groups is 2. The van der Waals surface area contributed by atoms with Crippen molar-refractivity contribution in [1.82, 2.24) is 10.2 Å². The quantitative estimate of drug-likeness (QED) is 0.348. The second-order valence-corrected chi connectivity index (χ2v) is 12.8. The lowest BCUT2D eigenvalue weighted by Crippen LogP contribution is -2.53. The lowest BCUT2D eigenvalue weighted by Gasteiger charge is -2.33. The maximum Gasteiger partial charge on any atom is 0.416 e. The SMILES string of the molecule is CC(C(=O)NC1CCCCC1)N(Cc1c(Cl)cccc1Cl)C(=O)CN(c1cc(C(F)(F)F)ccc1Cl)S(C)(=O)=O. The minimum Gasteiger partial charge on any atom is -0.352 e. The summed E-state index contributed by atoms with van der Waals surface area (Å²) >= 11 is 18.7. The summed E-state index contributed by atoms with van der Waals surface area (Å²) in [5, 5.41) is 3.06. The van der Waals surface area contributed by atoms with E-state index in [1.54, 1.807) is 18.2 Å². The Morgan fingerprint density at radius 3 is 2.17 bits per heavy atom. The van der Waals surface area contributed by atoms with Gasteiger partial charge in [0.2, 0.25) is 21.8 Å². The summed E-state index contributed by atoms with van der Waals surface area (Å²) in [6, 6.07) is 5.70. The molecule has 2 amide bonds. The van der Waals surface area contributed by atoms with Crippen molar-refractivity contribution in [3.63, 3.8) is 0 Å². The van der Waals surface area contributed by atoms with Crippen LogP contribution in [0.25, 0.3) is 0 Å². The van der Waals surface area contributed by atoms with Crippen molar-refractivity contribution < 1.29 is 31.2 Å². The molecule has 40 heavy (non-hydrogen) atoms. The summed E-state index contributed by atoms with van der Waals surface area (Å²) in [4.78, 5) is 28.1. The Balaban J connectivity index is 1.99. The zero-order valence-electron chi connectivity index (χ0n) is 21.8. The molecule has 2 aromatic rings. The third kappa shape index (κ3) is 8.18. The highest BCUT2D eigenvalue weighted by atomic mass is 35.5. The molecule has 14 heteroatoms. The molecule has 1 N–H and O–H groups in total. The first kappa shape index (κ1) is 32.3. The van der Waals surface area contributed by atoms with Crippen LogP contribution in [0.1, 0.15) is 50.2 Å². The van der Waals surface area contributed by atoms with Crippen LogP contribution >= 0.6 is 34.8 Å². The predicted octanol–water partition coefficient (Wildman–Crippen LogP) is 6.30. The van der Waals surface area contributed by atoms with E-state index in [2.05, 4.69) is 5.32 Å². The average molecular weight is 643 g/mol. The molecule has 1 aliphatic rings. The number of alkyl halides is 3. The van der Waals surface area contributed by atoms with Gasteiger partial charge in [-0.05, 0) is 50.1 Å². The van der Waals surface area contributed by atoms with E-state index in [1.807, 2.05) is 0 Å². The largest absolute Gasteiger partial charge is 0.416 e. The van der Waals surface area contributed by atoms with Crippen molar-refractivity contribution in [3.8, 4) is 0 Å². The molecule has 0 heterocycles. The van der Waals surface area contributed by atoms with Crippen LogP contribution in [0, 0.1) is 0 Å². The maximum atomic E-state index is 13.7. The van der Waals surface area contributed by atoms with E-state index in [0.29, 0.717) is 22.0 Å². The summed E-state index contributed by atoms with van der Waals surface area (Å²) in [5.74, 6) is -1.34. The number of nitrogens with one attached hydrogen (secondary N) is 1. The van der Waals surface area contributed by atoms with Crippen molar-refractivity contribution in [2.45, 2.75) is 63.8 Å². The van der Waals surface area contributed by atoms with Crippen molar-refractivity contribution in [2.75, 3.05) is 17.1 Å². The summed E-state index contributed by atoms with van der Waals surface area (Å²) < 4.78 is 66.1. The van der Waals surface area contributed by atoms with Gasteiger partial charge in [0.15, 0.2) is 0 Å². The summed E-state index contributed by atoms with van der Waals surface area (Å²) in [7, 11) is -4.31. The molecular formula is C26H29Cl3F3N3O4S. The summed E-state index contributed by atoms with van der Waals surface area (Å²) in [6.45, 7) is 0.288. The van der Waals surface area contributed by atoms with Gasteiger partial charge in [0, 0.05) is 28.2 Å². The number of rotatable bonds is 9. The molecule has 0 spiro atoms. The number of hydrogen-bond donors (Lipinski definition) is 1. The van der Waals surface area contributed by atoms with Gasteiger partial charge < -0.3 is 10.2 Å². The molecule has 1 unspecified atom stereocenters. The second-order valence-electron chi connectivity index (χ2n) is 9.67. The third-order valence-corrected chi connectivity index (χ3v) is 8.88. The van der Waals surface area contributed by atoms with E-state index in [0.717, 1.165) is 49.3 Å². The fourth-order valence-electron chi connectivity index (χ4n) is 4.48. The van der Waals surface area contributed by atoms with E-state index in [1.165, 1.54) is 6.92 Å². The Bertz CT molecular complexity index is 1330. The van der Waals surface area contributed by atoms with Gasteiger partial charge in [-0.15, -0.1) is 0 Å². The average Bonchev–Trinajstić information content (AvgIpc) is 2.86. The molecular weight excluding hydrogens is 614 g/mol. The minimum atomic E-state index is -4.79. The number of benzene rings is 2. The van der Waals surface area contributed by atoms with Crippen LogP contribution in [0.15, 0.2) is 36.4 Å². The van der Waals surface area contributed by atoms with Crippen LogP contribution in [0.3, 0.4) is 0 Å². The maximum absolute atomic E-state index is 13.7. The molecule has 7 nitrogen and oxygen atoms in total. The number of anilines is 1. The summed E-state index contributed by atoms with van der Waals surface area (Å²) in [5.41, 5.74) is -1.35. The topological polar surface area (TPSA) is 86.8 Å². The molecule has 0 saturated heterocycles. The van der Waals surface area contributed by atoms with E-state index in [-0.39, 0.29) is 27.7 Å². The van der Waals surface area contributed by atoms with Crippen molar-refractivity contribution in [2.24, 2.45) is 0 Å². The molecule has 1 fully saturated rings. The molecule has 0 aliphatic heterocycles. The first-order valence-electron chi connectivity index (χ1n) is 12.5. The fourth-order valence-corrected chi connectivity index (χ4v) is 6.12. The van der Waals surface area contributed by atoms with Gasteiger partial charge in [-0.2, -0.15) is 13.2 Å². The number of halogens is 6. The monoisotopic (exact) mass is 641 g/mol. The van der Waals surface area contributed by atoms with Crippen molar-refractivity contribution in [3.05, 3.63) is 62.6 Å². The van der Waals surface area contributed by atoms with Crippen LogP contribution in [0.4, 0.5) is 18.9 Å². The first-order valence-corrected chi connectivity index (χ1v) is 15.4. The normalized spacial score (nSPS) is 15.4. The van der Waals surface area contributed by atoms with Gasteiger partial charge in [0.25, 0.3) is 0 Å². The number of sulfonamides is 1. The standard InChI is InChI=1S/C26H29Cl3F3N3O4S/c1-16(25(37)33-18-7-4-3-5-8-18)34(14-19-20(27)9-6-10-21(19)28)24(36)15-35(40(2,38)39)23-13-17(26(30,31)32)11-12-22(23)29/h6,9-13,16,18H,3-5,7-8,14-15H2,1-2H3,(H,33,37). The Hall–Kier alpha value is -2.21. The first-order chi connectivity index (χ1) is 18.6. The van der Waals surface area contributed by atoms with Crippen LogP contribution < -0.4 is 9.62 Å². The Kier molecular flexibility index (Phi) is 10.6. The van der Waals surface area contributed by atoms with Gasteiger partial charge in [0.05, 0.1) is 22.5 Å². The van der Waals surface area contributed by atoms with Crippen LogP contribution in [0.5, 0.6) is 0 Å². The number of hydrogen-bond acceptors (Lipinski definition) is 4. The van der Waals surface area contributed by atoms with Gasteiger partial charge >= 0.3 is 6.18 Å². The molecule has 2 aromatic carbocycles. The van der Waals surface area contributed by atoms with Crippen LogP contribution in [0.2, 0.25) is 15.1 Å². The van der Waals surface area contributed by atoms with Crippen LogP contribution in [-0.4, -0.2) is 50.0 Å². The van der Waals surface area contributed by atoms with E-state index < -0.39 is 51.9 Å². The van der Waals surface area contributed by atoms with Crippen LogP contribution in [-0.2, 0) is 32.3 Å². The zero-order chi connectivity index (χ0) is 29.8.